The highest BCUT2D eigenvalue weighted by molar-refractivity contribution is 9.10. The Morgan fingerprint density at radius 1 is 1.15 bits per heavy atom. The lowest BCUT2D eigenvalue weighted by molar-refractivity contribution is -0.192. The lowest BCUT2D eigenvalue weighted by atomic mass is 10.0. The van der Waals surface area contributed by atoms with Crippen LogP contribution in [-0.4, -0.2) is 23.7 Å². The summed E-state index contributed by atoms with van der Waals surface area (Å²) in [5, 5.41) is 0. The van der Waals surface area contributed by atoms with Crippen molar-refractivity contribution in [2.45, 2.75) is 38.0 Å². The number of likely N-dealkylation sites (tertiary alicyclic amines) is 1. The molecule has 1 atom stereocenters. The summed E-state index contributed by atoms with van der Waals surface area (Å²) in [7, 11) is 0. The van der Waals surface area contributed by atoms with Gasteiger partial charge in [0, 0.05) is 12.1 Å². The average Bonchev–Trinajstić information content (AvgIpc) is 2.38. The molecule has 0 saturated carbocycles. The van der Waals surface area contributed by atoms with Crippen LogP contribution in [0.5, 0.6) is 0 Å². The third-order valence-corrected chi connectivity index (χ3v) is 4.35. The van der Waals surface area contributed by atoms with E-state index < -0.39 is 23.9 Å². The first-order chi connectivity index (χ1) is 9.30. The van der Waals surface area contributed by atoms with Gasteiger partial charge in [0.05, 0.1) is 4.47 Å². The fourth-order valence-electron chi connectivity index (χ4n) is 2.47. The Morgan fingerprint density at radius 2 is 1.80 bits per heavy atom. The number of hydrogen-bond acceptors (Lipinski definition) is 1. The third-order valence-electron chi connectivity index (χ3n) is 3.49. The number of hydrogen-bond donors (Lipinski definition) is 0. The van der Waals surface area contributed by atoms with Crippen molar-refractivity contribution in [2.24, 2.45) is 0 Å². The molecule has 20 heavy (non-hydrogen) atoms. The second-order valence-corrected chi connectivity index (χ2v) is 5.64. The Morgan fingerprint density at radius 3 is 2.45 bits per heavy atom. The molecule has 0 radical (unpaired) electrons. The van der Waals surface area contributed by atoms with Crippen molar-refractivity contribution in [1.29, 1.82) is 0 Å². The lowest BCUT2D eigenvalue weighted by Crippen LogP contribution is -2.48. The van der Waals surface area contributed by atoms with E-state index in [0.717, 1.165) is 12.1 Å². The van der Waals surface area contributed by atoms with Gasteiger partial charge in [-0.25, -0.2) is 8.78 Å². The summed E-state index contributed by atoms with van der Waals surface area (Å²) in [5.41, 5.74) is -0.0684. The lowest BCUT2D eigenvalue weighted by Gasteiger charge is -2.36. The fourth-order valence-corrected chi connectivity index (χ4v) is 2.91. The summed E-state index contributed by atoms with van der Waals surface area (Å²) in [6.45, 7) is -0.0269. The predicted octanol–water partition coefficient (Wildman–Crippen LogP) is 4.64. The minimum atomic E-state index is -4.35. The summed E-state index contributed by atoms with van der Waals surface area (Å²) in [5.74, 6) is -1.38. The summed E-state index contributed by atoms with van der Waals surface area (Å²) < 4.78 is 65.8. The van der Waals surface area contributed by atoms with Gasteiger partial charge >= 0.3 is 6.18 Å². The van der Waals surface area contributed by atoms with Crippen LogP contribution in [0.1, 0.15) is 24.8 Å². The van der Waals surface area contributed by atoms with Gasteiger partial charge < -0.3 is 0 Å². The molecule has 1 aliphatic rings. The summed E-state index contributed by atoms with van der Waals surface area (Å²) in [6, 6.07) is 0.285. The van der Waals surface area contributed by atoms with Crippen LogP contribution < -0.4 is 0 Å². The van der Waals surface area contributed by atoms with Gasteiger partial charge in [0.1, 0.15) is 17.7 Å². The number of benzene rings is 1. The van der Waals surface area contributed by atoms with E-state index in [9.17, 15) is 22.0 Å². The van der Waals surface area contributed by atoms with Gasteiger partial charge in [-0.1, -0.05) is 6.42 Å². The van der Waals surface area contributed by atoms with Gasteiger partial charge in [-0.15, -0.1) is 0 Å². The zero-order chi connectivity index (χ0) is 14.9. The van der Waals surface area contributed by atoms with Gasteiger partial charge in [0.2, 0.25) is 0 Å². The molecule has 1 aromatic carbocycles. The predicted molar refractivity (Wildman–Crippen MR) is 68.2 cm³/mol. The second-order valence-electron chi connectivity index (χ2n) is 4.85. The third kappa shape index (κ3) is 3.31. The van der Waals surface area contributed by atoms with E-state index in [1.54, 1.807) is 0 Å². The van der Waals surface area contributed by atoms with E-state index in [2.05, 4.69) is 15.9 Å². The fraction of sp³-hybridized carbons (Fsp3) is 0.538. The normalized spacial score (nSPS) is 21.2. The van der Waals surface area contributed by atoms with Crippen molar-refractivity contribution in [1.82, 2.24) is 4.90 Å². The van der Waals surface area contributed by atoms with E-state index in [4.69, 9.17) is 0 Å². The first kappa shape index (κ1) is 15.7. The molecule has 1 saturated heterocycles. The molecule has 0 bridgehead atoms. The van der Waals surface area contributed by atoms with Crippen molar-refractivity contribution in [2.75, 3.05) is 6.54 Å². The van der Waals surface area contributed by atoms with Crippen molar-refractivity contribution in [3.05, 3.63) is 33.8 Å². The maximum absolute atomic E-state index is 13.7. The number of halogens is 6. The molecule has 0 amide bonds. The van der Waals surface area contributed by atoms with Gasteiger partial charge in [-0.2, -0.15) is 13.2 Å². The van der Waals surface area contributed by atoms with E-state index in [1.807, 2.05) is 0 Å². The second kappa shape index (κ2) is 5.97. The molecule has 0 N–H and O–H groups in total. The molecular weight excluding hydrogens is 345 g/mol. The summed E-state index contributed by atoms with van der Waals surface area (Å²) in [4.78, 5) is 1.17. The Bertz CT molecular complexity index is 488. The average molecular weight is 358 g/mol. The highest BCUT2D eigenvalue weighted by atomic mass is 79.9. The molecule has 0 spiro atoms. The Labute approximate surface area is 121 Å². The summed E-state index contributed by atoms with van der Waals surface area (Å²) in [6.07, 6.45) is -3.23. The maximum atomic E-state index is 13.7. The first-order valence-corrected chi connectivity index (χ1v) is 7.03. The molecule has 1 aliphatic heterocycles. The van der Waals surface area contributed by atoms with Gasteiger partial charge in [0.15, 0.2) is 0 Å². The van der Waals surface area contributed by atoms with Crippen LogP contribution >= 0.6 is 15.9 Å². The number of alkyl halides is 3. The zero-order valence-electron chi connectivity index (χ0n) is 10.5. The van der Waals surface area contributed by atoms with E-state index in [-0.39, 0.29) is 29.5 Å². The van der Waals surface area contributed by atoms with Crippen molar-refractivity contribution in [3.8, 4) is 0 Å². The molecule has 1 heterocycles. The van der Waals surface area contributed by atoms with Crippen LogP contribution in [-0.2, 0) is 6.54 Å². The quantitative estimate of drug-likeness (QED) is 0.550. The highest BCUT2D eigenvalue weighted by Gasteiger charge is 2.44. The van der Waals surface area contributed by atoms with Crippen LogP contribution in [0.25, 0.3) is 0 Å². The molecule has 0 aliphatic carbocycles. The molecule has 2 rings (SSSR count). The Kier molecular flexibility index (Phi) is 4.69. The van der Waals surface area contributed by atoms with Gasteiger partial charge in [0.25, 0.3) is 0 Å². The molecule has 7 heteroatoms. The standard InChI is InChI=1S/C13H13BrF5N/c14-12-8(9(15)4-5-10(12)16)7-20-6-2-1-3-11(20)13(17,18)19/h4-5,11H,1-3,6-7H2. The van der Waals surface area contributed by atoms with Crippen LogP contribution in [0.3, 0.4) is 0 Å². The van der Waals surface area contributed by atoms with E-state index >= 15 is 0 Å². The molecule has 1 nitrogen and oxygen atoms in total. The molecule has 1 aromatic rings. The highest BCUT2D eigenvalue weighted by Crippen LogP contribution is 2.34. The van der Waals surface area contributed by atoms with E-state index in [1.165, 1.54) is 4.90 Å². The SMILES string of the molecule is Fc1ccc(F)c(CN2CCCCC2C(F)(F)F)c1Br. The molecule has 1 fully saturated rings. The zero-order valence-corrected chi connectivity index (χ0v) is 12.1. The number of piperidine rings is 1. The monoisotopic (exact) mass is 357 g/mol. The minimum absolute atomic E-state index is 0.00193. The molecule has 0 aromatic heterocycles. The number of rotatable bonds is 2. The van der Waals surface area contributed by atoms with Gasteiger partial charge in [-0.3, -0.25) is 4.90 Å². The smallest absolute Gasteiger partial charge is 0.288 e. The van der Waals surface area contributed by atoms with Crippen molar-refractivity contribution >= 4 is 15.9 Å². The largest absolute Gasteiger partial charge is 0.404 e. The van der Waals surface area contributed by atoms with Crippen molar-refractivity contribution < 1.29 is 22.0 Å². The molecule has 112 valence electrons. The molecular formula is C13H13BrF5N. The summed E-state index contributed by atoms with van der Waals surface area (Å²) >= 11 is 2.91. The van der Waals surface area contributed by atoms with Crippen LogP contribution in [0.15, 0.2) is 16.6 Å². The van der Waals surface area contributed by atoms with E-state index in [0.29, 0.717) is 12.8 Å². The van der Waals surface area contributed by atoms with Crippen molar-refractivity contribution in [3.63, 3.8) is 0 Å². The molecule has 1 unspecified atom stereocenters. The van der Waals surface area contributed by atoms with Crippen LogP contribution in [0, 0.1) is 11.6 Å². The Balaban J connectivity index is 2.26. The topological polar surface area (TPSA) is 3.24 Å². The maximum Gasteiger partial charge on any atom is 0.404 e. The number of nitrogens with zero attached hydrogens (tertiary/aromatic N) is 1. The van der Waals surface area contributed by atoms with Crippen LogP contribution in [0.2, 0.25) is 0 Å². The Hall–Kier alpha value is -0.690. The first-order valence-electron chi connectivity index (χ1n) is 6.24. The minimum Gasteiger partial charge on any atom is -0.288 e. The van der Waals surface area contributed by atoms with Gasteiger partial charge in [-0.05, 0) is 47.4 Å². The van der Waals surface area contributed by atoms with Crippen LogP contribution in [0.4, 0.5) is 22.0 Å².